The predicted molar refractivity (Wildman–Crippen MR) is 89.6 cm³/mol. The van der Waals surface area contributed by atoms with Crippen molar-refractivity contribution in [1.29, 1.82) is 0 Å². The van der Waals surface area contributed by atoms with Crippen molar-refractivity contribution in [2.24, 2.45) is 4.99 Å². The first-order valence-electron chi connectivity index (χ1n) is 7.38. The highest BCUT2D eigenvalue weighted by molar-refractivity contribution is 7.86. The molecule has 0 radical (unpaired) electrons. The van der Waals surface area contributed by atoms with Gasteiger partial charge in [-0.15, -0.1) is 0 Å². The monoisotopic (exact) mass is 313 g/mol. The number of benzene rings is 2. The van der Waals surface area contributed by atoms with Crippen molar-refractivity contribution in [3.05, 3.63) is 65.7 Å². The molecule has 1 aliphatic heterocycles. The zero-order valence-corrected chi connectivity index (χ0v) is 13.5. The molecular formula is C18H19NO2S. The molecule has 1 heterocycles. The van der Waals surface area contributed by atoms with Gasteiger partial charge in [0.05, 0.1) is 10.8 Å². The molecule has 0 aromatic heterocycles. The van der Waals surface area contributed by atoms with E-state index in [-0.39, 0.29) is 11.3 Å². The topological polar surface area (TPSA) is 38.7 Å². The minimum absolute atomic E-state index is 0.00803. The number of hydrogen-bond donors (Lipinski definition) is 0. The molecule has 2 aromatic rings. The van der Waals surface area contributed by atoms with Crippen LogP contribution in [0.25, 0.3) is 0 Å². The SMILES string of the molecule is Cc1ccc([S@](=O)C(C)C2=N[C@@H](c3ccccc3)CO2)cc1. The van der Waals surface area contributed by atoms with Gasteiger partial charge in [0, 0.05) is 4.90 Å². The summed E-state index contributed by atoms with van der Waals surface area (Å²) in [7, 11) is -1.15. The Balaban J connectivity index is 1.76. The van der Waals surface area contributed by atoms with Gasteiger partial charge >= 0.3 is 0 Å². The van der Waals surface area contributed by atoms with Crippen LogP contribution in [0.5, 0.6) is 0 Å². The Bertz CT molecular complexity index is 695. The van der Waals surface area contributed by atoms with Crippen LogP contribution in [-0.4, -0.2) is 22.0 Å². The number of nitrogens with zero attached hydrogens (tertiary/aromatic N) is 1. The number of hydrogen-bond acceptors (Lipinski definition) is 3. The van der Waals surface area contributed by atoms with E-state index in [0.29, 0.717) is 12.5 Å². The van der Waals surface area contributed by atoms with Gasteiger partial charge in [-0.3, -0.25) is 4.21 Å². The molecule has 0 aliphatic carbocycles. The molecule has 0 fully saturated rings. The number of aliphatic imine (C=N–C) groups is 1. The van der Waals surface area contributed by atoms with E-state index in [1.54, 1.807) is 0 Å². The maximum absolute atomic E-state index is 12.6. The standard InChI is InChI=1S/C18H19NO2S/c1-13-8-10-16(11-9-13)22(20)14(2)18-19-17(12-21-18)15-6-4-3-5-7-15/h3-11,14,17H,12H2,1-2H3/t14?,17-,22-/m1/s1. The number of rotatable bonds is 4. The fourth-order valence-electron chi connectivity index (χ4n) is 2.43. The van der Waals surface area contributed by atoms with Crippen molar-refractivity contribution >= 4 is 16.7 Å². The van der Waals surface area contributed by atoms with Gasteiger partial charge in [-0.05, 0) is 31.5 Å². The summed E-state index contributed by atoms with van der Waals surface area (Å²) in [6.07, 6.45) is 0. The van der Waals surface area contributed by atoms with Crippen molar-refractivity contribution in [2.45, 2.75) is 30.0 Å². The lowest BCUT2D eigenvalue weighted by Crippen LogP contribution is -2.22. The van der Waals surface area contributed by atoms with Crippen LogP contribution in [0.3, 0.4) is 0 Å². The Kier molecular flexibility index (Phi) is 4.39. The summed E-state index contributed by atoms with van der Waals surface area (Å²) in [6.45, 7) is 4.45. The Hall–Kier alpha value is -1.94. The van der Waals surface area contributed by atoms with Crippen LogP contribution >= 0.6 is 0 Å². The van der Waals surface area contributed by atoms with Crippen LogP contribution < -0.4 is 0 Å². The zero-order chi connectivity index (χ0) is 15.5. The van der Waals surface area contributed by atoms with Crippen molar-refractivity contribution in [3.8, 4) is 0 Å². The molecule has 0 N–H and O–H groups in total. The largest absolute Gasteiger partial charge is 0.477 e. The molecule has 1 aliphatic rings. The van der Waals surface area contributed by atoms with E-state index < -0.39 is 10.8 Å². The molecule has 0 saturated heterocycles. The van der Waals surface area contributed by atoms with Gasteiger partial charge in [0.15, 0.2) is 5.90 Å². The number of ether oxygens (including phenoxy) is 1. The molecule has 114 valence electrons. The molecule has 1 unspecified atom stereocenters. The van der Waals surface area contributed by atoms with Gasteiger partial charge in [-0.2, -0.15) is 0 Å². The minimum atomic E-state index is -1.15. The summed E-state index contributed by atoms with van der Waals surface area (Å²) in [5.74, 6) is 0.591. The lowest BCUT2D eigenvalue weighted by molar-refractivity contribution is 0.313. The fraction of sp³-hybridized carbons (Fsp3) is 0.278. The molecular weight excluding hydrogens is 294 g/mol. The first-order valence-corrected chi connectivity index (χ1v) is 8.59. The number of aryl methyl sites for hydroxylation is 1. The van der Waals surface area contributed by atoms with Crippen molar-refractivity contribution in [3.63, 3.8) is 0 Å². The molecule has 4 heteroatoms. The van der Waals surface area contributed by atoms with Crippen molar-refractivity contribution in [2.75, 3.05) is 6.61 Å². The lowest BCUT2D eigenvalue weighted by atomic mass is 10.1. The summed E-state index contributed by atoms with van der Waals surface area (Å²) >= 11 is 0. The third kappa shape index (κ3) is 3.12. The third-order valence-corrected chi connectivity index (χ3v) is 5.36. The molecule has 3 nitrogen and oxygen atoms in total. The summed E-state index contributed by atoms with van der Waals surface area (Å²) in [4.78, 5) is 5.44. The maximum Gasteiger partial charge on any atom is 0.200 e. The van der Waals surface area contributed by atoms with E-state index in [9.17, 15) is 4.21 Å². The van der Waals surface area contributed by atoms with Gasteiger partial charge in [0.25, 0.3) is 0 Å². The van der Waals surface area contributed by atoms with E-state index >= 15 is 0 Å². The summed E-state index contributed by atoms with van der Waals surface area (Å²) < 4.78 is 18.3. The van der Waals surface area contributed by atoms with Crippen LogP contribution in [0.1, 0.15) is 24.1 Å². The highest BCUT2D eigenvalue weighted by atomic mass is 32.2. The van der Waals surface area contributed by atoms with Crippen LogP contribution in [0, 0.1) is 6.92 Å². The van der Waals surface area contributed by atoms with E-state index in [1.165, 1.54) is 0 Å². The van der Waals surface area contributed by atoms with E-state index in [4.69, 9.17) is 4.74 Å². The van der Waals surface area contributed by atoms with E-state index in [0.717, 1.165) is 16.0 Å². The van der Waals surface area contributed by atoms with Crippen LogP contribution in [0.2, 0.25) is 0 Å². The average Bonchev–Trinajstić information content (AvgIpc) is 3.05. The molecule has 3 rings (SSSR count). The first kappa shape index (κ1) is 15.0. The molecule has 0 bridgehead atoms. The zero-order valence-electron chi connectivity index (χ0n) is 12.7. The van der Waals surface area contributed by atoms with Gasteiger partial charge in [-0.1, -0.05) is 48.0 Å². The molecule has 0 saturated carbocycles. The highest BCUT2D eigenvalue weighted by Crippen LogP contribution is 2.25. The Labute approximate surface area is 133 Å². The van der Waals surface area contributed by atoms with Crippen LogP contribution in [-0.2, 0) is 15.5 Å². The van der Waals surface area contributed by atoms with Gasteiger partial charge < -0.3 is 4.74 Å². The highest BCUT2D eigenvalue weighted by Gasteiger charge is 2.28. The van der Waals surface area contributed by atoms with Crippen molar-refractivity contribution < 1.29 is 8.95 Å². The second kappa shape index (κ2) is 6.44. The Morgan fingerprint density at radius 1 is 1.14 bits per heavy atom. The predicted octanol–water partition coefficient (Wildman–Crippen LogP) is 3.66. The first-order chi connectivity index (χ1) is 10.6. The van der Waals surface area contributed by atoms with Gasteiger partial charge in [-0.25, -0.2) is 4.99 Å². The van der Waals surface area contributed by atoms with E-state index in [2.05, 4.69) is 4.99 Å². The molecule has 0 amide bonds. The van der Waals surface area contributed by atoms with Gasteiger partial charge in [0.2, 0.25) is 0 Å². The molecule has 3 atom stereocenters. The second-order valence-electron chi connectivity index (χ2n) is 5.46. The van der Waals surface area contributed by atoms with Crippen LogP contribution in [0.15, 0.2) is 64.5 Å². The Morgan fingerprint density at radius 3 is 2.50 bits per heavy atom. The van der Waals surface area contributed by atoms with Crippen LogP contribution in [0.4, 0.5) is 0 Å². The Morgan fingerprint density at radius 2 is 1.82 bits per heavy atom. The normalized spacial score (nSPS) is 20.1. The summed E-state index contributed by atoms with van der Waals surface area (Å²) in [5.41, 5.74) is 2.29. The lowest BCUT2D eigenvalue weighted by Gasteiger charge is -2.11. The second-order valence-corrected chi connectivity index (χ2v) is 7.23. The molecule has 0 spiro atoms. The fourth-order valence-corrected chi connectivity index (χ4v) is 3.55. The summed E-state index contributed by atoms with van der Waals surface area (Å²) in [5, 5.41) is -0.239. The summed E-state index contributed by atoms with van der Waals surface area (Å²) in [6, 6.07) is 17.8. The van der Waals surface area contributed by atoms with Gasteiger partial charge in [0.1, 0.15) is 17.9 Å². The molecule has 2 aromatic carbocycles. The quantitative estimate of drug-likeness (QED) is 0.864. The average molecular weight is 313 g/mol. The third-order valence-electron chi connectivity index (χ3n) is 3.78. The van der Waals surface area contributed by atoms with E-state index in [1.807, 2.05) is 68.4 Å². The molecule has 22 heavy (non-hydrogen) atoms. The van der Waals surface area contributed by atoms with Crippen molar-refractivity contribution in [1.82, 2.24) is 0 Å². The maximum atomic E-state index is 12.6. The smallest absolute Gasteiger partial charge is 0.200 e. The minimum Gasteiger partial charge on any atom is -0.477 e.